The standard InChI is InChI=1S/C36H33ClF2N2O3/c1-3-43-35(44-4-2)31-22-30(33(39)34(40-31)27-20-21-29(37)28(23-42)32(27)38)41-36(24-14-8-5-9-15-24,25-16-10-6-11-17-25)26-18-12-7-13-19-26/h5-22,35,42H,3-4,23H2,1-2H3,(H,40,41). The number of hydrogen-bond acceptors (Lipinski definition) is 5. The number of aromatic nitrogens is 1. The molecule has 5 aromatic rings. The highest BCUT2D eigenvalue weighted by atomic mass is 35.5. The summed E-state index contributed by atoms with van der Waals surface area (Å²) in [5.74, 6) is -1.66. The van der Waals surface area contributed by atoms with E-state index in [1.165, 1.54) is 12.1 Å². The molecule has 4 aromatic carbocycles. The number of halogens is 3. The van der Waals surface area contributed by atoms with Crippen LogP contribution in [0.15, 0.2) is 109 Å². The van der Waals surface area contributed by atoms with Gasteiger partial charge in [0.25, 0.3) is 0 Å². The van der Waals surface area contributed by atoms with Gasteiger partial charge in [-0.05, 0) is 48.7 Å². The van der Waals surface area contributed by atoms with Crippen LogP contribution in [-0.4, -0.2) is 23.3 Å². The Kier molecular flexibility index (Phi) is 10.0. The quantitative estimate of drug-likeness (QED) is 0.109. The molecule has 0 spiro atoms. The van der Waals surface area contributed by atoms with Crippen LogP contribution < -0.4 is 5.32 Å². The highest BCUT2D eigenvalue weighted by Gasteiger charge is 2.38. The third-order valence-corrected chi connectivity index (χ3v) is 7.75. The summed E-state index contributed by atoms with van der Waals surface area (Å²) in [6.45, 7) is 3.56. The summed E-state index contributed by atoms with van der Waals surface area (Å²) in [6.07, 6.45) is -0.947. The van der Waals surface area contributed by atoms with E-state index >= 15 is 8.78 Å². The first-order chi connectivity index (χ1) is 21.4. The Morgan fingerprint density at radius 3 is 1.73 bits per heavy atom. The molecule has 0 atom stereocenters. The van der Waals surface area contributed by atoms with E-state index in [9.17, 15) is 5.11 Å². The number of benzene rings is 4. The molecular formula is C36H33ClF2N2O3. The molecule has 0 saturated heterocycles. The molecule has 1 heterocycles. The van der Waals surface area contributed by atoms with Gasteiger partial charge >= 0.3 is 0 Å². The van der Waals surface area contributed by atoms with Gasteiger partial charge in [0, 0.05) is 29.4 Å². The zero-order valence-corrected chi connectivity index (χ0v) is 25.2. The molecule has 1 aromatic heterocycles. The van der Waals surface area contributed by atoms with Gasteiger partial charge < -0.3 is 19.9 Å². The maximum Gasteiger partial charge on any atom is 0.201 e. The van der Waals surface area contributed by atoms with Gasteiger partial charge in [0.2, 0.25) is 6.29 Å². The minimum atomic E-state index is -1.08. The highest BCUT2D eigenvalue weighted by molar-refractivity contribution is 6.31. The van der Waals surface area contributed by atoms with Crippen molar-refractivity contribution in [2.75, 3.05) is 18.5 Å². The summed E-state index contributed by atoms with van der Waals surface area (Å²) in [6, 6.07) is 33.5. The van der Waals surface area contributed by atoms with Gasteiger partial charge in [-0.25, -0.2) is 13.8 Å². The third-order valence-electron chi connectivity index (χ3n) is 7.40. The normalized spacial score (nSPS) is 11.6. The summed E-state index contributed by atoms with van der Waals surface area (Å²) in [4.78, 5) is 4.53. The van der Waals surface area contributed by atoms with E-state index < -0.39 is 30.1 Å². The third kappa shape index (κ3) is 6.10. The minimum Gasteiger partial charge on any atom is -0.392 e. The fraction of sp³-hybridized carbons (Fsp3) is 0.194. The number of pyridine rings is 1. The summed E-state index contributed by atoms with van der Waals surface area (Å²) in [7, 11) is 0. The molecule has 0 aliphatic rings. The fourth-order valence-corrected chi connectivity index (χ4v) is 5.58. The fourth-order valence-electron chi connectivity index (χ4n) is 5.37. The zero-order chi connectivity index (χ0) is 31.1. The molecule has 8 heteroatoms. The van der Waals surface area contributed by atoms with Crippen LogP contribution in [0, 0.1) is 11.6 Å². The lowest BCUT2D eigenvalue weighted by Crippen LogP contribution is -2.38. The van der Waals surface area contributed by atoms with Gasteiger partial charge in [-0.1, -0.05) is 103 Å². The van der Waals surface area contributed by atoms with Crippen LogP contribution in [-0.2, 0) is 21.6 Å². The largest absolute Gasteiger partial charge is 0.392 e. The van der Waals surface area contributed by atoms with E-state index in [2.05, 4.69) is 10.3 Å². The summed E-state index contributed by atoms with van der Waals surface area (Å²) in [5.41, 5.74) is 1.18. The predicted molar refractivity (Wildman–Crippen MR) is 169 cm³/mol. The average Bonchev–Trinajstić information content (AvgIpc) is 3.06. The molecule has 0 saturated carbocycles. The SMILES string of the molecule is CCOC(OCC)c1cc(NC(c2ccccc2)(c2ccccc2)c2ccccc2)c(F)c(-c2ccc(Cl)c(CO)c2F)n1. The van der Waals surface area contributed by atoms with Crippen molar-refractivity contribution >= 4 is 17.3 Å². The van der Waals surface area contributed by atoms with Crippen LogP contribution >= 0.6 is 11.6 Å². The number of nitrogens with zero attached hydrogens (tertiary/aromatic N) is 1. The van der Waals surface area contributed by atoms with Crippen molar-refractivity contribution < 1.29 is 23.4 Å². The topological polar surface area (TPSA) is 63.6 Å². The lowest BCUT2D eigenvalue weighted by Gasteiger charge is -2.38. The number of anilines is 1. The van der Waals surface area contributed by atoms with E-state index in [1.54, 1.807) is 6.07 Å². The molecule has 0 fully saturated rings. The van der Waals surface area contributed by atoms with Crippen molar-refractivity contribution in [3.63, 3.8) is 0 Å². The molecule has 5 rings (SSSR count). The maximum atomic E-state index is 16.9. The van der Waals surface area contributed by atoms with E-state index in [0.717, 1.165) is 16.7 Å². The second-order valence-electron chi connectivity index (χ2n) is 10.0. The Balaban J connectivity index is 1.83. The molecule has 0 radical (unpaired) electrons. The molecule has 5 nitrogen and oxygen atoms in total. The zero-order valence-electron chi connectivity index (χ0n) is 24.4. The first kappa shape index (κ1) is 31.3. The number of hydrogen-bond donors (Lipinski definition) is 2. The second-order valence-corrected chi connectivity index (χ2v) is 10.4. The van der Waals surface area contributed by atoms with E-state index in [4.69, 9.17) is 21.1 Å². The van der Waals surface area contributed by atoms with E-state index in [1.807, 2.05) is 105 Å². The van der Waals surface area contributed by atoms with Crippen molar-refractivity contribution in [2.45, 2.75) is 32.3 Å². The van der Waals surface area contributed by atoms with Gasteiger partial charge in [0.05, 0.1) is 18.0 Å². The lowest BCUT2D eigenvalue weighted by atomic mass is 9.76. The Bertz CT molecular complexity index is 1590. The highest BCUT2D eigenvalue weighted by Crippen LogP contribution is 2.42. The molecule has 2 N–H and O–H groups in total. The second kappa shape index (κ2) is 14.1. The van der Waals surface area contributed by atoms with Crippen LogP contribution in [0.2, 0.25) is 5.02 Å². The number of aliphatic hydroxyl groups is 1. The first-order valence-corrected chi connectivity index (χ1v) is 14.8. The smallest absolute Gasteiger partial charge is 0.201 e. The Labute approximate surface area is 261 Å². The summed E-state index contributed by atoms with van der Waals surface area (Å²) in [5, 5.41) is 13.4. The summed E-state index contributed by atoms with van der Waals surface area (Å²) < 4.78 is 44.3. The van der Waals surface area contributed by atoms with Crippen LogP contribution in [0.3, 0.4) is 0 Å². The lowest BCUT2D eigenvalue weighted by molar-refractivity contribution is -0.142. The van der Waals surface area contributed by atoms with E-state index in [-0.39, 0.29) is 33.2 Å². The van der Waals surface area contributed by atoms with E-state index in [0.29, 0.717) is 13.2 Å². The van der Waals surface area contributed by atoms with Crippen molar-refractivity contribution in [2.24, 2.45) is 0 Å². The number of ether oxygens (including phenoxy) is 2. The Morgan fingerprint density at radius 2 is 1.27 bits per heavy atom. The van der Waals surface area contributed by atoms with Crippen LogP contribution in [0.4, 0.5) is 14.5 Å². The van der Waals surface area contributed by atoms with Gasteiger partial charge in [-0.2, -0.15) is 0 Å². The van der Waals surface area contributed by atoms with Crippen LogP contribution in [0.5, 0.6) is 0 Å². The molecule has 0 aliphatic heterocycles. The molecule has 226 valence electrons. The number of aliphatic hydroxyl groups excluding tert-OH is 1. The van der Waals surface area contributed by atoms with Crippen LogP contribution in [0.25, 0.3) is 11.3 Å². The minimum absolute atomic E-state index is 0.0291. The Hall–Kier alpha value is -4.14. The summed E-state index contributed by atoms with van der Waals surface area (Å²) >= 11 is 6.15. The van der Waals surface area contributed by atoms with Crippen molar-refractivity contribution in [3.05, 3.63) is 154 Å². The van der Waals surface area contributed by atoms with Gasteiger partial charge in [-0.3, -0.25) is 0 Å². The van der Waals surface area contributed by atoms with Crippen LogP contribution in [0.1, 0.15) is 48.1 Å². The van der Waals surface area contributed by atoms with Gasteiger partial charge in [0.15, 0.2) is 5.82 Å². The molecule has 0 bridgehead atoms. The maximum absolute atomic E-state index is 16.9. The average molecular weight is 615 g/mol. The molecule has 44 heavy (non-hydrogen) atoms. The molecule has 0 aliphatic carbocycles. The van der Waals surface area contributed by atoms with Crippen molar-refractivity contribution in [1.29, 1.82) is 0 Å². The van der Waals surface area contributed by atoms with Gasteiger partial charge in [0.1, 0.15) is 17.1 Å². The van der Waals surface area contributed by atoms with Crippen molar-refractivity contribution in [1.82, 2.24) is 4.98 Å². The number of rotatable bonds is 12. The molecule has 0 unspecified atom stereocenters. The predicted octanol–water partition coefficient (Wildman–Crippen LogP) is 8.65. The molecular weight excluding hydrogens is 582 g/mol. The monoisotopic (exact) mass is 614 g/mol. The Morgan fingerprint density at radius 1 is 0.773 bits per heavy atom. The first-order valence-electron chi connectivity index (χ1n) is 14.4. The van der Waals surface area contributed by atoms with Gasteiger partial charge in [-0.15, -0.1) is 0 Å². The van der Waals surface area contributed by atoms with Crippen molar-refractivity contribution in [3.8, 4) is 11.3 Å². The number of nitrogens with one attached hydrogen (secondary N) is 1. The molecule has 0 amide bonds.